The van der Waals surface area contributed by atoms with Gasteiger partial charge in [0.15, 0.2) is 0 Å². The predicted molar refractivity (Wildman–Crippen MR) is 93.7 cm³/mol. The number of aliphatic hydroxyl groups excluding tert-OH is 1. The number of aromatic hydroxyl groups is 1. The molecule has 1 fully saturated rings. The van der Waals surface area contributed by atoms with Crippen molar-refractivity contribution in [1.82, 2.24) is 4.90 Å². The molecular weight excluding hydrogens is 302 g/mol. The van der Waals surface area contributed by atoms with Gasteiger partial charge in [0, 0.05) is 19.1 Å². The van der Waals surface area contributed by atoms with E-state index in [0.717, 1.165) is 24.2 Å². The van der Waals surface area contributed by atoms with Crippen molar-refractivity contribution < 1.29 is 15.3 Å². The van der Waals surface area contributed by atoms with Gasteiger partial charge in [0.25, 0.3) is 0 Å². The zero-order valence-electron chi connectivity index (χ0n) is 14.0. The average molecular weight is 327 g/mol. The maximum atomic E-state index is 10.9. The van der Waals surface area contributed by atoms with Crippen LogP contribution in [0.4, 0.5) is 0 Å². The van der Waals surface area contributed by atoms with Crippen molar-refractivity contribution in [2.24, 2.45) is 0 Å². The molecule has 0 bridgehead atoms. The van der Waals surface area contributed by atoms with Crippen LogP contribution < -0.4 is 0 Å². The molecule has 0 saturated carbocycles. The van der Waals surface area contributed by atoms with Crippen LogP contribution in [0.3, 0.4) is 0 Å². The van der Waals surface area contributed by atoms with Crippen molar-refractivity contribution in [2.45, 2.75) is 37.5 Å². The summed E-state index contributed by atoms with van der Waals surface area (Å²) in [6.07, 6.45) is 0.696. The van der Waals surface area contributed by atoms with Gasteiger partial charge in [-0.25, -0.2) is 0 Å². The Kier molecular flexibility index (Phi) is 4.90. The Hall–Kier alpha value is -1.88. The lowest BCUT2D eigenvalue weighted by Crippen LogP contribution is -2.47. The zero-order chi connectivity index (χ0) is 17.2. The van der Waals surface area contributed by atoms with Gasteiger partial charge in [0.2, 0.25) is 0 Å². The molecule has 0 spiro atoms. The molecule has 3 N–H and O–H groups in total. The molecule has 0 radical (unpaired) electrons. The number of aliphatic hydroxyl groups is 2. The Morgan fingerprint density at radius 1 is 0.958 bits per heavy atom. The average Bonchev–Trinajstić information content (AvgIpc) is 2.62. The Morgan fingerprint density at radius 2 is 1.54 bits per heavy atom. The van der Waals surface area contributed by atoms with Crippen molar-refractivity contribution in [3.8, 4) is 5.75 Å². The van der Waals surface area contributed by atoms with E-state index < -0.39 is 11.7 Å². The number of piperidine rings is 1. The highest BCUT2D eigenvalue weighted by Crippen LogP contribution is 2.34. The fraction of sp³-hybridized carbons (Fsp3) is 0.400. The molecule has 0 aliphatic carbocycles. The van der Waals surface area contributed by atoms with Crippen LogP contribution >= 0.6 is 0 Å². The molecule has 1 saturated heterocycles. The largest absolute Gasteiger partial charge is 0.508 e. The van der Waals surface area contributed by atoms with E-state index in [1.807, 2.05) is 37.3 Å². The predicted octanol–water partition coefficient (Wildman–Crippen LogP) is 2.80. The summed E-state index contributed by atoms with van der Waals surface area (Å²) in [4.78, 5) is 2.22. The van der Waals surface area contributed by atoms with Gasteiger partial charge in [-0.05, 0) is 43.0 Å². The first kappa shape index (κ1) is 17.0. The summed E-state index contributed by atoms with van der Waals surface area (Å²) >= 11 is 0. The fourth-order valence-electron chi connectivity index (χ4n) is 3.49. The maximum absolute atomic E-state index is 10.9. The Labute approximate surface area is 143 Å². The van der Waals surface area contributed by atoms with Crippen LogP contribution in [0.15, 0.2) is 54.6 Å². The lowest BCUT2D eigenvalue weighted by atomic mass is 9.83. The SMILES string of the molecule is C[C@@H](C(O)c1ccc(O)cc1)N1CCC(O)(c2ccccc2)CC1. The zero-order valence-corrected chi connectivity index (χ0v) is 14.0. The van der Waals surface area contributed by atoms with Crippen LogP contribution in [0, 0.1) is 0 Å². The molecule has 1 unspecified atom stereocenters. The molecule has 3 rings (SSSR count). The summed E-state index contributed by atoms with van der Waals surface area (Å²) in [5.74, 6) is 0.199. The minimum absolute atomic E-state index is 0.0464. The number of rotatable bonds is 4. The number of benzene rings is 2. The van der Waals surface area contributed by atoms with Crippen molar-refractivity contribution in [3.63, 3.8) is 0 Å². The van der Waals surface area contributed by atoms with Gasteiger partial charge in [-0.2, -0.15) is 0 Å². The number of phenols is 1. The molecule has 4 nitrogen and oxygen atoms in total. The Balaban J connectivity index is 1.64. The van der Waals surface area contributed by atoms with Crippen molar-refractivity contribution in [3.05, 3.63) is 65.7 Å². The first-order valence-corrected chi connectivity index (χ1v) is 8.48. The summed E-state index contributed by atoms with van der Waals surface area (Å²) in [7, 11) is 0. The second-order valence-corrected chi connectivity index (χ2v) is 6.71. The highest BCUT2D eigenvalue weighted by Gasteiger charge is 2.36. The first-order valence-electron chi connectivity index (χ1n) is 8.48. The maximum Gasteiger partial charge on any atom is 0.115 e. The number of hydrogen-bond donors (Lipinski definition) is 3. The highest BCUT2D eigenvalue weighted by molar-refractivity contribution is 5.28. The second-order valence-electron chi connectivity index (χ2n) is 6.71. The van der Waals surface area contributed by atoms with Crippen LogP contribution in [-0.4, -0.2) is 39.4 Å². The van der Waals surface area contributed by atoms with Crippen molar-refractivity contribution in [1.29, 1.82) is 0 Å². The van der Waals surface area contributed by atoms with Gasteiger partial charge in [0.05, 0.1) is 11.7 Å². The monoisotopic (exact) mass is 327 g/mol. The van der Waals surface area contributed by atoms with E-state index in [1.54, 1.807) is 24.3 Å². The molecular formula is C20H25NO3. The third-order valence-corrected chi connectivity index (χ3v) is 5.20. The van der Waals surface area contributed by atoms with E-state index in [1.165, 1.54) is 0 Å². The van der Waals surface area contributed by atoms with Gasteiger partial charge >= 0.3 is 0 Å². The van der Waals surface area contributed by atoms with Crippen LogP contribution in [0.25, 0.3) is 0 Å². The van der Waals surface area contributed by atoms with E-state index >= 15 is 0 Å². The summed E-state index contributed by atoms with van der Waals surface area (Å²) in [6.45, 7) is 3.48. The molecule has 2 aromatic carbocycles. The fourth-order valence-corrected chi connectivity index (χ4v) is 3.49. The molecule has 4 heteroatoms. The van der Waals surface area contributed by atoms with Gasteiger partial charge in [0.1, 0.15) is 5.75 Å². The minimum Gasteiger partial charge on any atom is -0.508 e. The molecule has 24 heavy (non-hydrogen) atoms. The van der Waals surface area contributed by atoms with E-state index in [4.69, 9.17) is 0 Å². The molecule has 2 aromatic rings. The summed E-state index contributed by atoms with van der Waals surface area (Å²) in [5.41, 5.74) is 0.988. The van der Waals surface area contributed by atoms with Gasteiger partial charge in [-0.3, -0.25) is 4.90 Å². The van der Waals surface area contributed by atoms with E-state index in [9.17, 15) is 15.3 Å². The lowest BCUT2D eigenvalue weighted by Gasteiger charge is -2.42. The van der Waals surface area contributed by atoms with E-state index in [2.05, 4.69) is 4.90 Å². The van der Waals surface area contributed by atoms with E-state index in [0.29, 0.717) is 12.8 Å². The molecule has 128 valence electrons. The molecule has 1 heterocycles. The smallest absolute Gasteiger partial charge is 0.115 e. The quantitative estimate of drug-likeness (QED) is 0.808. The van der Waals surface area contributed by atoms with Crippen LogP contribution in [0.5, 0.6) is 5.75 Å². The molecule has 0 aromatic heterocycles. The first-order chi connectivity index (χ1) is 11.5. The van der Waals surface area contributed by atoms with Crippen molar-refractivity contribution in [2.75, 3.05) is 13.1 Å². The highest BCUT2D eigenvalue weighted by atomic mass is 16.3. The molecule has 1 aliphatic rings. The lowest BCUT2D eigenvalue weighted by molar-refractivity contribution is -0.0501. The number of phenolic OH excluding ortho intramolecular Hbond substituents is 1. The van der Waals surface area contributed by atoms with Gasteiger partial charge in [-0.15, -0.1) is 0 Å². The Morgan fingerprint density at radius 3 is 2.12 bits per heavy atom. The summed E-state index contributed by atoms with van der Waals surface area (Å²) < 4.78 is 0. The second kappa shape index (κ2) is 6.93. The standard InChI is InChI=1S/C20H25NO3/c1-15(19(23)16-7-9-18(22)10-8-16)21-13-11-20(24,12-14-21)17-5-3-2-4-6-17/h2-10,15,19,22-24H,11-14H2,1H3/t15-,19?/m0/s1. The third kappa shape index (κ3) is 3.46. The van der Waals surface area contributed by atoms with Crippen molar-refractivity contribution >= 4 is 0 Å². The topological polar surface area (TPSA) is 63.9 Å². The Bertz CT molecular complexity index is 648. The summed E-state index contributed by atoms with van der Waals surface area (Å²) in [6, 6.07) is 16.5. The normalized spacial score (nSPS) is 20.5. The van der Waals surface area contributed by atoms with Crippen LogP contribution in [0.1, 0.15) is 37.0 Å². The molecule has 1 aliphatic heterocycles. The molecule has 0 amide bonds. The third-order valence-electron chi connectivity index (χ3n) is 5.20. The van der Waals surface area contributed by atoms with Crippen LogP contribution in [-0.2, 0) is 5.60 Å². The van der Waals surface area contributed by atoms with Crippen LogP contribution in [0.2, 0.25) is 0 Å². The van der Waals surface area contributed by atoms with Gasteiger partial charge < -0.3 is 15.3 Å². The van der Waals surface area contributed by atoms with E-state index in [-0.39, 0.29) is 11.8 Å². The van der Waals surface area contributed by atoms with Gasteiger partial charge in [-0.1, -0.05) is 42.5 Å². The minimum atomic E-state index is -0.777. The summed E-state index contributed by atoms with van der Waals surface area (Å²) in [5, 5.41) is 30.9. The number of likely N-dealkylation sites (tertiary alicyclic amines) is 1. The molecule has 2 atom stereocenters. The number of nitrogens with zero attached hydrogens (tertiary/aromatic N) is 1. The number of hydrogen-bond acceptors (Lipinski definition) is 4.